The molecule has 17 heavy (non-hydrogen) atoms. The van der Waals surface area contributed by atoms with Crippen molar-refractivity contribution < 1.29 is 0 Å². The second-order valence-electron chi connectivity index (χ2n) is 4.23. The lowest BCUT2D eigenvalue weighted by Crippen LogP contribution is -2.21. The zero-order chi connectivity index (χ0) is 12.7. The van der Waals surface area contributed by atoms with Gasteiger partial charge in [-0.15, -0.1) is 0 Å². The second kappa shape index (κ2) is 7.56. The molecule has 0 radical (unpaired) electrons. The van der Waals surface area contributed by atoms with E-state index >= 15 is 0 Å². The lowest BCUT2D eigenvalue weighted by Gasteiger charge is -2.19. The van der Waals surface area contributed by atoms with Crippen molar-refractivity contribution in [1.29, 1.82) is 0 Å². The molecule has 3 nitrogen and oxygen atoms in total. The first kappa shape index (κ1) is 14.3. The van der Waals surface area contributed by atoms with Crippen LogP contribution >= 0.6 is 11.8 Å². The molecule has 0 aromatic carbocycles. The van der Waals surface area contributed by atoms with Gasteiger partial charge in [0, 0.05) is 25.8 Å². The predicted molar refractivity (Wildman–Crippen MR) is 78.0 cm³/mol. The molecule has 1 aromatic rings. The molecule has 1 heterocycles. The number of rotatable bonds is 7. The number of anilines is 1. The number of hydrogen-bond acceptors (Lipinski definition) is 4. The predicted octanol–water partition coefficient (Wildman–Crippen LogP) is 2.55. The minimum Gasteiger partial charge on any atom is -0.360 e. The van der Waals surface area contributed by atoms with Gasteiger partial charge in [-0.3, -0.25) is 0 Å². The van der Waals surface area contributed by atoms with Crippen molar-refractivity contribution in [3.8, 4) is 0 Å². The van der Waals surface area contributed by atoms with Gasteiger partial charge < -0.3 is 10.2 Å². The first-order valence-electron chi connectivity index (χ1n) is 6.02. The van der Waals surface area contributed by atoms with E-state index in [0.717, 1.165) is 12.4 Å². The van der Waals surface area contributed by atoms with Crippen LogP contribution in [0.4, 0.5) is 5.82 Å². The average Bonchev–Trinajstić information content (AvgIpc) is 2.38. The van der Waals surface area contributed by atoms with Gasteiger partial charge >= 0.3 is 0 Å². The minimum absolute atomic E-state index is 0.372. The molecule has 0 bridgehead atoms. The van der Waals surface area contributed by atoms with Crippen LogP contribution in [0.1, 0.15) is 24.9 Å². The van der Waals surface area contributed by atoms with Crippen LogP contribution in [0.5, 0.6) is 0 Å². The lowest BCUT2D eigenvalue weighted by molar-refractivity contribution is 0.651. The molecule has 0 saturated carbocycles. The van der Waals surface area contributed by atoms with Crippen LogP contribution in [0.3, 0.4) is 0 Å². The van der Waals surface area contributed by atoms with E-state index < -0.39 is 0 Å². The molecule has 0 fully saturated rings. The van der Waals surface area contributed by atoms with Crippen molar-refractivity contribution in [3.63, 3.8) is 0 Å². The fourth-order valence-corrected chi connectivity index (χ4v) is 2.06. The number of nitrogens with zero attached hydrogens (tertiary/aromatic N) is 2. The molecular formula is C13H23N3S. The highest BCUT2D eigenvalue weighted by molar-refractivity contribution is 7.98. The fourth-order valence-electron chi connectivity index (χ4n) is 1.64. The van der Waals surface area contributed by atoms with Crippen molar-refractivity contribution in [1.82, 2.24) is 10.3 Å². The van der Waals surface area contributed by atoms with Gasteiger partial charge in [-0.1, -0.05) is 0 Å². The minimum atomic E-state index is 0.372. The third kappa shape index (κ3) is 4.56. The first-order chi connectivity index (χ1) is 8.19. The summed E-state index contributed by atoms with van der Waals surface area (Å²) in [6.45, 7) is 3.22. The molecule has 0 aliphatic heterocycles. The number of nitrogens with one attached hydrogen (secondary N) is 1. The topological polar surface area (TPSA) is 28.2 Å². The Morgan fingerprint density at radius 2 is 2.29 bits per heavy atom. The van der Waals surface area contributed by atoms with Crippen LogP contribution in [0.2, 0.25) is 0 Å². The maximum atomic E-state index is 4.43. The number of thioether (sulfide) groups is 1. The first-order valence-corrected chi connectivity index (χ1v) is 7.41. The van der Waals surface area contributed by atoms with Crippen molar-refractivity contribution in [3.05, 3.63) is 23.9 Å². The zero-order valence-electron chi connectivity index (χ0n) is 11.2. The second-order valence-corrected chi connectivity index (χ2v) is 5.21. The summed E-state index contributed by atoms with van der Waals surface area (Å²) < 4.78 is 0. The molecule has 0 saturated heterocycles. The lowest BCUT2D eigenvalue weighted by atomic mass is 10.1. The maximum Gasteiger partial charge on any atom is 0.128 e. The summed E-state index contributed by atoms with van der Waals surface area (Å²) in [5, 5.41) is 3.25. The summed E-state index contributed by atoms with van der Waals surface area (Å²) >= 11 is 1.89. The van der Waals surface area contributed by atoms with Crippen LogP contribution in [-0.2, 0) is 0 Å². The van der Waals surface area contributed by atoms with E-state index in [1.807, 2.05) is 25.0 Å². The van der Waals surface area contributed by atoms with Crippen molar-refractivity contribution in [2.24, 2.45) is 0 Å². The molecule has 1 unspecified atom stereocenters. The SMILES string of the molecule is CNC(C)c1ccnc(N(C)CCCSC)c1. The Balaban J connectivity index is 2.63. The van der Waals surface area contributed by atoms with E-state index in [-0.39, 0.29) is 0 Å². The van der Waals surface area contributed by atoms with E-state index in [2.05, 4.69) is 47.6 Å². The highest BCUT2D eigenvalue weighted by Gasteiger charge is 2.06. The molecule has 96 valence electrons. The Hall–Kier alpha value is -0.740. The Kier molecular flexibility index (Phi) is 6.37. The molecule has 1 rings (SSSR count). The summed E-state index contributed by atoms with van der Waals surface area (Å²) in [7, 11) is 4.09. The number of hydrogen-bond donors (Lipinski definition) is 1. The quantitative estimate of drug-likeness (QED) is 0.756. The van der Waals surface area contributed by atoms with Crippen LogP contribution in [0, 0.1) is 0 Å². The number of pyridine rings is 1. The van der Waals surface area contributed by atoms with Gasteiger partial charge in [0.05, 0.1) is 0 Å². The van der Waals surface area contributed by atoms with E-state index in [4.69, 9.17) is 0 Å². The average molecular weight is 253 g/mol. The Morgan fingerprint density at radius 1 is 1.53 bits per heavy atom. The van der Waals surface area contributed by atoms with Gasteiger partial charge in [0.2, 0.25) is 0 Å². The molecule has 0 aliphatic rings. The smallest absolute Gasteiger partial charge is 0.128 e. The molecule has 1 atom stereocenters. The Bertz CT molecular complexity index is 330. The van der Waals surface area contributed by atoms with Gasteiger partial charge in [0.15, 0.2) is 0 Å². The van der Waals surface area contributed by atoms with Gasteiger partial charge in [-0.05, 0) is 50.1 Å². The van der Waals surface area contributed by atoms with Gasteiger partial charge in [0.25, 0.3) is 0 Å². The largest absolute Gasteiger partial charge is 0.360 e. The van der Waals surface area contributed by atoms with Gasteiger partial charge in [0.1, 0.15) is 5.82 Å². The van der Waals surface area contributed by atoms with Crippen LogP contribution < -0.4 is 10.2 Å². The van der Waals surface area contributed by atoms with E-state index in [1.54, 1.807) is 0 Å². The standard InChI is InChI=1S/C13H23N3S/c1-11(14-2)12-6-7-15-13(10-12)16(3)8-5-9-17-4/h6-7,10-11,14H,5,8-9H2,1-4H3. The Morgan fingerprint density at radius 3 is 2.94 bits per heavy atom. The van der Waals surface area contributed by atoms with Crippen LogP contribution in [-0.4, -0.2) is 37.6 Å². The van der Waals surface area contributed by atoms with E-state index in [0.29, 0.717) is 6.04 Å². The molecule has 1 aromatic heterocycles. The summed E-state index contributed by atoms with van der Waals surface area (Å²) in [5.41, 5.74) is 1.29. The highest BCUT2D eigenvalue weighted by Crippen LogP contribution is 2.17. The van der Waals surface area contributed by atoms with Crippen molar-refractivity contribution in [2.75, 3.05) is 37.5 Å². The van der Waals surface area contributed by atoms with E-state index in [9.17, 15) is 0 Å². The normalized spacial score (nSPS) is 12.5. The van der Waals surface area contributed by atoms with Crippen LogP contribution in [0.15, 0.2) is 18.3 Å². The van der Waals surface area contributed by atoms with Gasteiger partial charge in [-0.2, -0.15) is 11.8 Å². The molecule has 0 aliphatic carbocycles. The zero-order valence-corrected chi connectivity index (χ0v) is 12.0. The van der Waals surface area contributed by atoms with Crippen molar-refractivity contribution >= 4 is 17.6 Å². The molecule has 0 amide bonds. The molecular weight excluding hydrogens is 230 g/mol. The summed E-state index contributed by atoms with van der Waals surface area (Å²) in [5.74, 6) is 2.27. The van der Waals surface area contributed by atoms with E-state index in [1.165, 1.54) is 17.7 Å². The summed E-state index contributed by atoms with van der Waals surface area (Å²) in [6, 6.07) is 4.61. The summed E-state index contributed by atoms with van der Waals surface area (Å²) in [4.78, 5) is 6.65. The Labute approximate surface area is 109 Å². The molecule has 1 N–H and O–H groups in total. The molecule has 0 spiro atoms. The van der Waals surface area contributed by atoms with Crippen LogP contribution in [0.25, 0.3) is 0 Å². The molecule has 4 heteroatoms. The summed E-state index contributed by atoms with van der Waals surface area (Å²) in [6.07, 6.45) is 5.24. The third-order valence-corrected chi connectivity index (χ3v) is 3.63. The maximum absolute atomic E-state index is 4.43. The fraction of sp³-hybridized carbons (Fsp3) is 0.615. The monoisotopic (exact) mass is 253 g/mol. The van der Waals surface area contributed by atoms with Gasteiger partial charge in [-0.25, -0.2) is 4.98 Å². The third-order valence-electron chi connectivity index (χ3n) is 2.94. The number of aromatic nitrogens is 1. The highest BCUT2D eigenvalue weighted by atomic mass is 32.2. The van der Waals surface area contributed by atoms with Crippen molar-refractivity contribution in [2.45, 2.75) is 19.4 Å².